The number of hydrogen-bond acceptors (Lipinski definition) is 0. The predicted molar refractivity (Wildman–Crippen MR) is 181 cm³/mol. The summed E-state index contributed by atoms with van der Waals surface area (Å²) in [5.41, 5.74) is 15.3. The summed E-state index contributed by atoms with van der Waals surface area (Å²) in [6.07, 6.45) is 6.86. The summed E-state index contributed by atoms with van der Waals surface area (Å²) in [4.78, 5) is 0. The summed E-state index contributed by atoms with van der Waals surface area (Å²) in [5.74, 6) is 0. The number of benzene rings is 4. The van der Waals surface area contributed by atoms with Gasteiger partial charge in [0, 0.05) is 5.54 Å². The van der Waals surface area contributed by atoms with Crippen LogP contribution in [-0.4, -0.2) is 15.5 Å². The van der Waals surface area contributed by atoms with Crippen LogP contribution >= 0.6 is 11.1 Å². The van der Waals surface area contributed by atoms with Crippen LogP contribution < -0.4 is 10.4 Å². The fourth-order valence-electron chi connectivity index (χ4n) is 7.31. The lowest BCUT2D eigenvalue weighted by Crippen LogP contribution is -2.49. The van der Waals surface area contributed by atoms with Crippen LogP contribution in [0.1, 0.15) is 52.8 Å². The first-order valence-corrected chi connectivity index (χ1v) is 21.6. The Bertz CT molecular complexity index is 1640. The zero-order chi connectivity index (χ0) is 28.2. The Hall–Kier alpha value is -2.92. The normalized spacial score (nSPS) is 15.4. The van der Waals surface area contributed by atoms with Gasteiger partial charge in [-0.1, -0.05) is 140 Å². The molecule has 0 fully saturated rings. The van der Waals surface area contributed by atoms with Gasteiger partial charge in [0.15, 0.2) is 7.38 Å². The molecule has 0 spiro atoms. The molecule has 0 aromatic heterocycles. The molecule has 0 radical (unpaired) electrons. The van der Waals surface area contributed by atoms with Crippen molar-refractivity contribution in [1.82, 2.24) is 0 Å². The third-order valence-corrected chi connectivity index (χ3v) is 15.3. The summed E-state index contributed by atoms with van der Waals surface area (Å²) in [6.45, 7) is 14.0. The lowest BCUT2D eigenvalue weighted by atomic mass is 10.1. The quantitative estimate of drug-likeness (QED) is 0.169. The molecule has 3 aliphatic rings. The van der Waals surface area contributed by atoms with Crippen molar-refractivity contribution in [3.63, 3.8) is 0 Å². The number of hydrogen-bond donors (Lipinski definition) is 0. The van der Waals surface area contributed by atoms with Crippen molar-refractivity contribution in [2.45, 2.75) is 58.4 Å². The largest absolute Gasteiger partial charge is 0.181 e. The second-order valence-electron chi connectivity index (χ2n) is 12.9. The molecule has 202 valence electrons. The van der Waals surface area contributed by atoms with E-state index in [1.54, 1.807) is 10.8 Å². The van der Waals surface area contributed by atoms with Crippen LogP contribution in [0.5, 0.6) is 0 Å². The third kappa shape index (κ3) is 4.70. The van der Waals surface area contributed by atoms with Crippen LogP contribution in [0.15, 0.2) is 96.1 Å². The van der Waals surface area contributed by atoms with Gasteiger partial charge < -0.3 is 0 Å². The zero-order valence-electron chi connectivity index (χ0n) is 24.6. The summed E-state index contributed by atoms with van der Waals surface area (Å²) < 4.78 is 0. The molecule has 0 nitrogen and oxygen atoms in total. The summed E-state index contributed by atoms with van der Waals surface area (Å²) in [7, 11) is -3.45. The smallest absolute Gasteiger partial charge is 0.162 e. The van der Waals surface area contributed by atoms with E-state index >= 15 is 0 Å². The molecule has 0 atom stereocenters. The van der Waals surface area contributed by atoms with Gasteiger partial charge in [0.2, 0.25) is 0 Å². The SMILES string of the molecule is CC1=Cc2cccc([Si](C)(C)C3c4ccccc4-c4ccccc43)c2C1.CC1=Cc2cccc([Si](C)(C)Cl)c2C1. The Morgan fingerprint density at radius 2 is 1.02 bits per heavy atom. The fourth-order valence-corrected chi connectivity index (χ4v) is 13.2. The zero-order valence-corrected chi connectivity index (χ0v) is 27.4. The highest BCUT2D eigenvalue weighted by Gasteiger charge is 2.43. The van der Waals surface area contributed by atoms with Crippen molar-refractivity contribution >= 4 is 49.1 Å². The van der Waals surface area contributed by atoms with E-state index in [9.17, 15) is 0 Å². The maximum atomic E-state index is 6.51. The molecule has 0 saturated carbocycles. The van der Waals surface area contributed by atoms with E-state index in [0.29, 0.717) is 5.54 Å². The van der Waals surface area contributed by atoms with Crippen molar-refractivity contribution in [2.24, 2.45) is 0 Å². The van der Waals surface area contributed by atoms with Gasteiger partial charge in [0.25, 0.3) is 0 Å². The minimum Gasteiger partial charge on any atom is -0.162 e. The molecule has 4 aromatic carbocycles. The van der Waals surface area contributed by atoms with E-state index in [4.69, 9.17) is 11.1 Å². The Balaban J connectivity index is 0.000000175. The van der Waals surface area contributed by atoms with E-state index in [2.05, 4.69) is 137 Å². The van der Waals surface area contributed by atoms with Crippen LogP contribution in [0.3, 0.4) is 0 Å². The summed E-state index contributed by atoms with van der Waals surface area (Å²) in [5, 5.41) is 3.05. The number of rotatable bonds is 3. The minimum absolute atomic E-state index is 0.530. The van der Waals surface area contributed by atoms with Gasteiger partial charge in [-0.05, 0) is 76.4 Å². The van der Waals surface area contributed by atoms with E-state index in [1.165, 1.54) is 55.3 Å². The molecular weight excluding hydrogens is 536 g/mol. The number of allylic oxidation sites excluding steroid dienone is 2. The topological polar surface area (TPSA) is 0 Å². The maximum absolute atomic E-state index is 6.51. The van der Waals surface area contributed by atoms with Crippen molar-refractivity contribution in [1.29, 1.82) is 0 Å². The second kappa shape index (κ2) is 10.2. The molecule has 7 rings (SSSR count). The van der Waals surface area contributed by atoms with E-state index in [0.717, 1.165) is 12.8 Å². The summed E-state index contributed by atoms with van der Waals surface area (Å²) in [6, 6.07) is 31.6. The van der Waals surface area contributed by atoms with E-state index in [-0.39, 0.29) is 0 Å². The molecule has 40 heavy (non-hydrogen) atoms. The first-order chi connectivity index (χ1) is 19.1. The lowest BCUT2D eigenvalue weighted by molar-refractivity contribution is 1.12. The Morgan fingerprint density at radius 3 is 1.52 bits per heavy atom. The Morgan fingerprint density at radius 1 is 0.575 bits per heavy atom. The van der Waals surface area contributed by atoms with Gasteiger partial charge in [-0.3, -0.25) is 0 Å². The van der Waals surface area contributed by atoms with Gasteiger partial charge in [0.05, 0.1) is 8.07 Å². The molecule has 0 saturated heterocycles. The molecule has 0 amide bonds. The Labute approximate surface area is 247 Å². The maximum Gasteiger partial charge on any atom is 0.181 e. The van der Waals surface area contributed by atoms with E-state index < -0.39 is 15.5 Å². The Kier molecular flexibility index (Phi) is 6.93. The summed E-state index contributed by atoms with van der Waals surface area (Å²) >= 11 is 6.51. The predicted octanol–water partition coefficient (Wildman–Crippen LogP) is 9.21. The molecule has 3 aliphatic carbocycles. The van der Waals surface area contributed by atoms with Gasteiger partial charge >= 0.3 is 0 Å². The first-order valence-electron chi connectivity index (χ1n) is 14.5. The molecule has 0 heterocycles. The second-order valence-corrected chi connectivity index (χ2v) is 23.8. The molecule has 3 heteroatoms. The molecule has 0 aliphatic heterocycles. The van der Waals surface area contributed by atoms with Gasteiger partial charge in [-0.25, -0.2) is 0 Å². The fraction of sp³-hybridized carbons (Fsp3) is 0.243. The van der Waals surface area contributed by atoms with Crippen LogP contribution in [0.25, 0.3) is 23.3 Å². The van der Waals surface area contributed by atoms with Crippen molar-refractivity contribution < 1.29 is 0 Å². The van der Waals surface area contributed by atoms with Crippen molar-refractivity contribution in [3.8, 4) is 11.1 Å². The number of halogens is 1. The third-order valence-electron chi connectivity index (χ3n) is 9.03. The molecular formula is C37H39ClSi2. The van der Waals surface area contributed by atoms with Gasteiger partial charge in [0.1, 0.15) is 0 Å². The van der Waals surface area contributed by atoms with Crippen LogP contribution in [0, 0.1) is 0 Å². The average Bonchev–Trinajstić information content (AvgIpc) is 3.59. The highest BCUT2D eigenvalue weighted by molar-refractivity contribution is 7.26. The molecule has 0 N–H and O–H groups in total. The standard InChI is InChI=1S/C25H24Si.C12H15ClSi/c1-17-15-18-9-8-14-24(23(18)16-17)26(2,3)25-21-12-6-4-10-19(21)20-11-5-7-13-22(20)25;1-9-7-10-5-4-6-12(11(10)8-9)14(2,3)13/h4-15,25H,16H2,1-3H3;4-7H,8H2,1-3H3. The molecule has 4 aromatic rings. The monoisotopic (exact) mass is 574 g/mol. The van der Waals surface area contributed by atoms with Gasteiger partial charge in [-0.2, -0.15) is 11.1 Å². The van der Waals surface area contributed by atoms with Crippen LogP contribution in [0.2, 0.25) is 26.2 Å². The number of fused-ring (bicyclic) bond motifs is 5. The van der Waals surface area contributed by atoms with Crippen molar-refractivity contribution in [2.75, 3.05) is 0 Å². The molecule has 0 unspecified atom stereocenters. The lowest BCUT2D eigenvalue weighted by Gasteiger charge is -2.33. The molecule has 0 bridgehead atoms. The first kappa shape index (κ1) is 27.3. The van der Waals surface area contributed by atoms with Crippen molar-refractivity contribution in [3.05, 3.63) is 129 Å². The van der Waals surface area contributed by atoms with E-state index in [1.807, 2.05) is 0 Å². The highest BCUT2D eigenvalue weighted by atomic mass is 35.6. The highest BCUT2D eigenvalue weighted by Crippen LogP contribution is 2.49. The minimum atomic E-state index is -1.77. The average molecular weight is 575 g/mol. The van der Waals surface area contributed by atoms with Crippen LogP contribution in [-0.2, 0) is 12.8 Å². The van der Waals surface area contributed by atoms with Gasteiger partial charge in [-0.15, -0.1) is 0 Å². The van der Waals surface area contributed by atoms with Crippen LogP contribution in [0.4, 0.5) is 0 Å².